The highest BCUT2D eigenvalue weighted by atomic mass is 32.1. The number of rotatable bonds is 2. The first-order valence-corrected chi connectivity index (χ1v) is 5.10. The molecule has 1 atom stereocenters. The van der Waals surface area contributed by atoms with Crippen molar-refractivity contribution in [3.05, 3.63) is 30.0 Å². The summed E-state index contributed by atoms with van der Waals surface area (Å²) < 4.78 is 9.49. The molecule has 0 bridgehead atoms. The molecule has 0 amide bonds. The summed E-state index contributed by atoms with van der Waals surface area (Å²) in [4.78, 5) is 11.1. The Morgan fingerprint density at radius 1 is 1.60 bits per heavy atom. The number of ether oxygens (including phenoxy) is 1. The van der Waals surface area contributed by atoms with Crippen molar-refractivity contribution in [3.8, 4) is 0 Å². The smallest absolute Gasteiger partial charge is 0.339 e. The monoisotopic (exact) mass is 223 g/mol. The van der Waals surface area contributed by atoms with Gasteiger partial charge in [-0.2, -0.15) is 4.37 Å². The molecule has 0 aliphatic rings. The van der Waals surface area contributed by atoms with Crippen LogP contribution in [0.15, 0.2) is 24.4 Å². The van der Waals surface area contributed by atoms with E-state index in [9.17, 15) is 9.90 Å². The molecule has 1 heterocycles. The molecular weight excluding hydrogens is 214 g/mol. The van der Waals surface area contributed by atoms with Crippen LogP contribution in [0.1, 0.15) is 11.7 Å². The van der Waals surface area contributed by atoms with Crippen LogP contribution < -0.4 is 0 Å². The van der Waals surface area contributed by atoms with Gasteiger partial charge in [0, 0.05) is 11.6 Å². The first-order valence-electron chi connectivity index (χ1n) is 4.32. The van der Waals surface area contributed by atoms with E-state index in [-0.39, 0.29) is 0 Å². The maximum absolute atomic E-state index is 11.1. The third-order valence-corrected chi connectivity index (χ3v) is 2.90. The summed E-state index contributed by atoms with van der Waals surface area (Å²) in [6.07, 6.45) is 0.479. The molecule has 1 aromatic carbocycles. The van der Waals surface area contributed by atoms with Gasteiger partial charge in [-0.25, -0.2) is 4.79 Å². The number of nitrogens with zero attached hydrogens (tertiary/aromatic N) is 1. The molecule has 1 unspecified atom stereocenters. The molecule has 15 heavy (non-hydrogen) atoms. The molecule has 1 N–H and O–H groups in total. The third-order valence-electron chi connectivity index (χ3n) is 2.12. The summed E-state index contributed by atoms with van der Waals surface area (Å²) in [5, 5.41) is 10.5. The SMILES string of the molecule is COC(=O)C(O)c1ccc2sncc2c1. The van der Waals surface area contributed by atoms with E-state index >= 15 is 0 Å². The van der Waals surface area contributed by atoms with Gasteiger partial charge in [0.25, 0.3) is 0 Å². The van der Waals surface area contributed by atoms with Crippen LogP contribution in [0.4, 0.5) is 0 Å². The van der Waals surface area contributed by atoms with E-state index in [1.54, 1.807) is 18.3 Å². The van der Waals surface area contributed by atoms with Gasteiger partial charge in [0.2, 0.25) is 0 Å². The molecule has 0 fully saturated rings. The fourth-order valence-corrected chi connectivity index (χ4v) is 1.93. The van der Waals surface area contributed by atoms with Crippen LogP contribution in [0, 0.1) is 0 Å². The van der Waals surface area contributed by atoms with Gasteiger partial charge in [0.15, 0.2) is 6.10 Å². The lowest BCUT2D eigenvalue weighted by molar-refractivity contribution is -0.150. The third kappa shape index (κ3) is 1.84. The first kappa shape index (κ1) is 10.1. The van der Waals surface area contributed by atoms with Gasteiger partial charge in [0.05, 0.1) is 11.8 Å². The maximum atomic E-state index is 11.1. The highest BCUT2D eigenvalue weighted by Gasteiger charge is 2.17. The molecule has 5 heteroatoms. The standard InChI is InChI=1S/C10H9NO3S/c1-14-10(13)9(12)6-2-3-8-7(4-6)5-11-15-8/h2-5,9,12H,1H3. The highest BCUT2D eigenvalue weighted by Crippen LogP contribution is 2.23. The van der Waals surface area contributed by atoms with Gasteiger partial charge in [0.1, 0.15) is 0 Å². The normalized spacial score (nSPS) is 12.7. The van der Waals surface area contributed by atoms with E-state index in [4.69, 9.17) is 0 Å². The predicted octanol–water partition coefficient (Wildman–Crippen LogP) is 1.50. The Hall–Kier alpha value is -1.46. The molecule has 2 rings (SSSR count). The quantitative estimate of drug-likeness (QED) is 0.784. The zero-order chi connectivity index (χ0) is 10.8. The van der Waals surface area contributed by atoms with Crippen LogP contribution in [0.5, 0.6) is 0 Å². The number of methoxy groups -OCH3 is 1. The summed E-state index contributed by atoms with van der Waals surface area (Å²) in [5.41, 5.74) is 0.523. The lowest BCUT2D eigenvalue weighted by Gasteiger charge is -2.07. The molecular formula is C10H9NO3S. The Balaban J connectivity index is 2.39. The Labute approximate surface area is 90.3 Å². The van der Waals surface area contributed by atoms with Gasteiger partial charge in [-0.15, -0.1) is 0 Å². The van der Waals surface area contributed by atoms with Crippen molar-refractivity contribution in [2.24, 2.45) is 0 Å². The lowest BCUT2D eigenvalue weighted by Crippen LogP contribution is -2.13. The van der Waals surface area contributed by atoms with Crippen molar-refractivity contribution < 1.29 is 14.6 Å². The second-order valence-corrected chi connectivity index (χ2v) is 3.88. The number of fused-ring (bicyclic) bond motifs is 1. The van der Waals surface area contributed by atoms with Gasteiger partial charge >= 0.3 is 5.97 Å². The van der Waals surface area contributed by atoms with Gasteiger partial charge < -0.3 is 9.84 Å². The molecule has 0 aliphatic heterocycles. The van der Waals surface area contributed by atoms with E-state index < -0.39 is 12.1 Å². The van der Waals surface area contributed by atoms with Crippen LogP contribution >= 0.6 is 11.5 Å². The van der Waals surface area contributed by atoms with Crippen LogP contribution in [-0.2, 0) is 9.53 Å². The topological polar surface area (TPSA) is 59.4 Å². The summed E-state index contributed by atoms with van der Waals surface area (Å²) in [5.74, 6) is -0.655. The summed E-state index contributed by atoms with van der Waals surface area (Å²) in [7, 11) is 1.25. The fourth-order valence-electron chi connectivity index (χ4n) is 1.31. The zero-order valence-corrected chi connectivity index (χ0v) is 8.82. The second-order valence-electron chi connectivity index (χ2n) is 3.05. The van der Waals surface area contributed by atoms with E-state index in [0.717, 1.165) is 10.1 Å². The summed E-state index contributed by atoms with van der Waals surface area (Å²) >= 11 is 1.37. The molecule has 0 aliphatic carbocycles. The van der Waals surface area contributed by atoms with Crippen LogP contribution in [0.3, 0.4) is 0 Å². The number of aliphatic hydroxyl groups excluding tert-OH is 1. The number of aromatic nitrogens is 1. The number of hydrogen-bond acceptors (Lipinski definition) is 5. The van der Waals surface area contributed by atoms with Crippen molar-refractivity contribution in [2.75, 3.05) is 7.11 Å². The van der Waals surface area contributed by atoms with E-state index in [0.29, 0.717) is 5.56 Å². The van der Waals surface area contributed by atoms with Crippen molar-refractivity contribution in [2.45, 2.75) is 6.10 Å². The molecule has 4 nitrogen and oxygen atoms in total. The molecule has 0 radical (unpaired) electrons. The molecule has 0 saturated carbocycles. The fraction of sp³-hybridized carbons (Fsp3) is 0.200. The van der Waals surface area contributed by atoms with Gasteiger partial charge in [-0.3, -0.25) is 0 Å². The van der Waals surface area contributed by atoms with Gasteiger partial charge in [-0.1, -0.05) is 6.07 Å². The maximum Gasteiger partial charge on any atom is 0.339 e. The first-order chi connectivity index (χ1) is 7.22. The number of benzene rings is 1. The zero-order valence-electron chi connectivity index (χ0n) is 8.01. The van der Waals surface area contributed by atoms with Crippen LogP contribution in [-0.4, -0.2) is 22.6 Å². The summed E-state index contributed by atoms with van der Waals surface area (Å²) in [6, 6.07) is 5.26. The van der Waals surface area contributed by atoms with Crippen molar-refractivity contribution >= 4 is 27.6 Å². The van der Waals surface area contributed by atoms with Crippen LogP contribution in [0.25, 0.3) is 10.1 Å². The Morgan fingerprint density at radius 3 is 3.13 bits per heavy atom. The summed E-state index contributed by atoms with van der Waals surface area (Å²) in [6.45, 7) is 0. The Kier molecular flexibility index (Phi) is 2.66. The number of esters is 1. The predicted molar refractivity (Wildman–Crippen MR) is 56.6 cm³/mol. The van der Waals surface area contributed by atoms with Crippen molar-refractivity contribution in [1.29, 1.82) is 0 Å². The minimum absolute atomic E-state index is 0.523. The molecule has 2 aromatic rings. The lowest BCUT2D eigenvalue weighted by atomic mass is 10.1. The average Bonchev–Trinajstić information content (AvgIpc) is 2.73. The molecule has 78 valence electrons. The van der Waals surface area contributed by atoms with Crippen LogP contribution in [0.2, 0.25) is 0 Å². The largest absolute Gasteiger partial charge is 0.467 e. The van der Waals surface area contributed by atoms with Crippen molar-refractivity contribution in [3.63, 3.8) is 0 Å². The minimum atomic E-state index is -1.22. The van der Waals surface area contributed by atoms with Crippen molar-refractivity contribution in [1.82, 2.24) is 4.37 Å². The molecule has 0 spiro atoms. The highest BCUT2D eigenvalue weighted by molar-refractivity contribution is 7.13. The molecule has 1 aromatic heterocycles. The van der Waals surface area contributed by atoms with E-state index in [1.807, 2.05) is 6.07 Å². The Bertz CT molecular complexity index is 494. The molecule has 0 saturated heterocycles. The van der Waals surface area contributed by atoms with Gasteiger partial charge in [-0.05, 0) is 29.2 Å². The number of aliphatic hydroxyl groups is 1. The Morgan fingerprint density at radius 2 is 2.40 bits per heavy atom. The van der Waals surface area contributed by atoms with E-state index in [1.165, 1.54) is 18.6 Å². The average molecular weight is 223 g/mol. The number of carbonyl (C=O) groups excluding carboxylic acids is 1. The van der Waals surface area contributed by atoms with E-state index in [2.05, 4.69) is 9.11 Å². The minimum Gasteiger partial charge on any atom is -0.467 e. The number of carbonyl (C=O) groups is 1. The second kappa shape index (κ2) is 3.96. The number of hydrogen-bond donors (Lipinski definition) is 1.